The lowest BCUT2D eigenvalue weighted by atomic mass is 9.98. The minimum Gasteiger partial charge on any atom is -0.506 e. The highest BCUT2D eigenvalue weighted by molar-refractivity contribution is 6.32. The van der Waals surface area contributed by atoms with Crippen molar-refractivity contribution in [2.75, 3.05) is 13.1 Å². The van der Waals surface area contributed by atoms with Crippen LogP contribution in [0.5, 0.6) is 5.75 Å². The van der Waals surface area contributed by atoms with Crippen LogP contribution in [0.2, 0.25) is 5.02 Å². The van der Waals surface area contributed by atoms with Gasteiger partial charge < -0.3 is 15.7 Å². The molecule has 2 fully saturated rings. The summed E-state index contributed by atoms with van der Waals surface area (Å²) < 4.78 is 13.4. The number of amides is 1. The lowest BCUT2D eigenvalue weighted by Crippen LogP contribution is -2.33. The average molecular weight is 335 g/mol. The van der Waals surface area contributed by atoms with Crippen LogP contribution in [-0.2, 0) is 0 Å². The molecule has 1 amide bonds. The first-order valence-corrected chi connectivity index (χ1v) is 7.08. The molecule has 0 spiro atoms. The van der Waals surface area contributed by atoms with Gasteiger partial charge in [-0.1, -0.05) is 11.6 Å². The monoisotopic (exact) mass is 334 g/mol. The molecule has 1 saturated heterocycles. The van der Waals surface area contributed by atoms with E-state index in [1.54, 1.807) is 4.90 Å². The molecule has 1 aliphatic heterocycles. The number of hydrogen-bond donors (Lipinski definition) is 2. The van der Waals surface area contributed by atoms with Crippen LogP contribution in [0.4, 0.5) is 4.39 Å². The van der Waals surface area contributed by atoms with Crippen LogP contribution in [0, 0.1) is 17.7 Å². The van der Waals surface area contributed by atoms with Gasteiger partial charge in [0, 0.05) is 19.1 Å². The highest BCUT2D eigenvalue weighted by Gasteiger charge is 2.43. The van der Waals surface area contributed by atoms with E-state index in [0.717, 1.165) is 25.0 Å². The van der Waals surface area contributed by atoms with E-state index in [0.29, 0.717) is 24.9 Å². The summed E-state index contributed by atoms with van der Waals surface area (Å²) in [6.45, 7) is 1.18. The zero-order chi connectivity index (χ0) is 14.4. The fourth-order valence-corrected chi connectivity index (χ4v) is 3.58. The van der Waals surface area contributed by atoms with Crippen LogP contribution in [0.25, 0.3) is 0 Å². The van der Waals surface area contributed by atoms with Gasteiger partial charge in [0.1, 0.15) is 11.6 Å². The minimum absolute atomic E-state index is 0. The van der Waals surface area contributed by atoms with Gasteiger partial charge in [-0.25, -0.2) is 4.39 Å². The fraction of sp³-hybridized carbons (Fsp3) is 0.500. The molecule has 1 heterocycles. The van der Waals surface area contributed by atoms with E-state index < -0.39 is 5.82 Å². The SMILES string of the molecule is Cl.NC1CCC2CN(C(=O)c3cc(F)cc(Cl)c3O)CC12. The number of hydrogen-bond acceptors (Lipinski definition) is 3. The van der Waals surface area contributed by atoms with Gasteiger partial charge in [-0.2, -0.15) is 0 Å². The number of likely N-dealkylation sites (tertiary alicyclic amines) is 1. The highest BCUT2D eigenvalue weighted by atomic mass is 35.5. The van der Waals surface area contributed by atoms with Crippen molar-refractivity contribution >= 4 is 29.9 Å². The van der Waals surface area contributed by atoms with Crippen LogP contribution in [-0.4, -0.2) is 35.0 Å². The van der Waals surface area contributed by atoms with Gasteiger partial charge in [0.15, 0.2) is 0 Å². The molecule has 1 aliphatic carbocycles. The summed E-state index contributed by atoms with van der Waals surface area (Å²) in [6, 6.07) is 2.14. The Morgan fingerprint density at radius 3 is 2.76 bits per heavy atom. The van der Waals surface area contributed by atoms with Crippen LogP contribution >= 0.6 is 24.0 Å². The molecule has 2 aliphatic rings. The molecule has 0 aromatic heterocycles. The van der Waals surface area contributed by atoms with Gasteiger partial charge in [0.25, 0.3) is 5.91 Å². The number of rotatable bonds is 1. The van der Waals surface area contributed by atoms with E-state index in [1.807, 2.05) is 0 Å². The maximum absolute atomic E-state index is 13.4. The molecule has 21 heavy (non-hydrogen) atoms. The van der Waals surface area contributed by atoms with E-state index in [-0.39, 0.29) is 40.7 Å². The third-order valence-electron chi connectivity index (χ3n) is 4.46. The molecule has 3 N–H and O–H groups in total. The van der Waals surface area contributed by atoms with E-state index in [2.05, 4.69) is 0 Å². The minimum atomic E-state index is -0.632. The second-order valence-corrected chi connectivity index (χ2v) is 6.07. The third-order valence-corrected chi connectivity index (χ3v) is 4.75. The van der Waals surface area contributed by atoms with E-state index in [4.69, 9.17) is 17.3 Å². The summed E-state index contributed by atoms with van der Waals surface area (Å²) >= 11 is 5.71. The Kier molecular flexibility index (Phi) is 4.66. The van der Waals surface area contributed by atoms with Crippen molar-refractivity contribution in [2.45, 2.75) is 18.9 Å². The maximum Gasteiger partial charge on any atom is 0.257 e. The average Bonchev–Trinajstić information content (AvgIpc) is 2.96. The van der Waals surface area contributed by atoms with Crippen LogP contribution in [0.3, 0.4) is 0 Å². The fourth-order valence-electron chi connectivity index (χ4n) is 3.37. The van der Waals surface area contributed by atoms with Crippen LogP contribution < -0.4 is 5.73 Å². The van der Waals surface area contributed by atoms with Crippen molar-refractivity contribution in [3.8, 4) is 5.75 Å². The lowest BCUT2D eigenvalue weighted by Gasteiger charge is -2.19. The number of nitrogens with zero attached hydrogens (tertiary/aromatic N) is 1. The summed E-state index contributed by atoms with van der Waals surface area (Å²) in [7, 11) is 0. The van der Waals surface area contributed by atoms with Crippen molar-refractivity contribution in [3.05, 3.63) is 28.5 Å². The number of fused-ring (bicyclic) bond motifs is 1. The number of halogens is 3. The van der Waals surface area contributed by atoms with Crippen molar-refractivity contribution in [1.82, 2.24) is 4.90 Å². The van der Waals surface area contributed by atoms with Crippen LogP contribution in [0.1, 0.15) is 23.2 Å². The Labute approximate surface area is 133 Å². The molecule has 7 heteroatoms. The maximum atomic E-state index is 13.4. The lowest BCUT2D eigenvalue weighted by molar-refractivity contribution is 0.0776. The van der Waals surface area contributed by atoms with Crippen LogP contribution in [0.15, 0.2) is 12.1 Å². The molecular weight excluding hydrogens is 318 g/mol. The third kappa shape index (κ3) is 2.82. The molecule has 4 nitrogen and oxygen atoms in total. The molecule has 3 unspecified atom stereocenters. The largest absolute Gasteiger partial charge is 0.506 e. The molecule has 1 saturated carbocycles. The molecule has 0 bridgehead atoms. The van der Waals surface area contributed by atoms with E-state index >= 15 is 0 Å². The molecule has 3 rings (SSSR count). The van der Waals surface area contributed by atoms with Gasteiger partial charge in [-0.15, -0.1) is 12.4 Å². The second-order valence-electron chi connectivity index (χ2n) is 5.66. The Morgan fingerprint density at radius 1 is 1.38 bits per heavy atom. The van der Waals surface area contributed by atoms with Gasteiger partial charge in [0.05, 0.1) is 10.6 Å². The molecule has 0 radical (unpaired) electrons. The molecule has 116 valence electrons. The first-order chi connectivity index (χ1) is 9.47. The van der Waals surface area contributed by atoms with Gasteiger partial charge in [-0.05, 0) is 36.8 Å². The summed E-state index contributed by atoms with van der Waals surface area (Å²) in [5, 5.41) is 9.69. The Hall–Kier alpha value is -1.04. The summed E-state index contributed by atoms with van der Waals surface area (Å²) in [6.07, 6.45) is 2.01. The Morgan fingerprint density at radius 2 is 2.10 bits per heavy atom. The standard InChI is InChI=1S/C14H16ClFN2O2.ClH/c15-11-4-8(16)3-9(13(11)19)14(20)18-5-7-1-2-12(17)10(7)6-18;/h3-4,7,10,12,19H,1-2,5-6,17H2;1H. The Bertz CT molecular complexity index is 570. The van der Waals surface area contributed by atoms with Gasteiger partial charge in [0.2, 0.25) is 0 Å². The first kappa shape index (κ1) is 16.3. The van der Waals surface area contributed by atoms with E-state index in [1.165, 1.54) is 0 Å². The number of phenolic OH excluding ortho intramolecular Hbond substituents is 1. The number of aromatic hydroxyl groups is 1. The van der Waals surface area contributed by atoms with Gasteiger partial charge >= 0.3 is 0 Å². The number of phenols is 1. The van der Waals surface area contributed by atoms with Crippen molar-refractivity contribution < 1.29 is 14.3 Å². The number of nitrogens with two attached hydrogens (primary N) is 1. The van der Waals surface area contributed by atoms with Gasteiger partial charge in [-0.3, -0.25) is 4.79 Å². The highest BCUT2D eigenvalue weighted by Crippen LogP contribution is 2.38. The molecule has 3 atom stereocenters. The predicted molar refractivity (Wildman–Crippen MR) is 80.4 cm³/mol. The summed E-state index contributed by atoms with van der Waals surface area (Å²) in [5.41, 5.74) is 5.95. The zero-order valence-corrected chi connectivity index (χ0v) is 12.8. The molecule has 1 aromatic carbocycles. The number of carbonyl (C=O) groups is 1. The smallest absolute Gasteiger partial charge is 0.257 e. The zero-order valence-electron chi connectivity index (χ0n) is 11.3. The quantitative estimate of drug-likeness (QED) is 0.828. The molecule has 1 aromatic rings. The number of benzene rings is 1. The van der Waals surface area contributed by atoms with E-state index in [9.17, 15) is 14.3 Å². The normalized spacial score (nSPS) is 27.4. The molecular formula is C14H17Cl2FN2O2. The topological polar surface area (TPSA) is 66.6 Å². The second kappa shape index (κ2) is 5.99. The van der Waals surface area contributed by atoms with Crippen molar-refractivity contribution in [3.63, 3.8) is 0 Å². The predicted octanol–water partition coefficient (Wildman–Crippen LogP) is 2.42. The summed E-state index contributed by atoms with van der Waals surface area (Å²) in [5.74, 6) is -0.651. The summed E-state index contributed by atoms with van der Waals surface area (Å²) in [4.78, 5) is 14.0. The number of carbonyl (C=O) groups excluding carboxylic acids is 1. The van der Waals surface area contributed by atoms with Crippen molar-refractivity contribution in [1.29, 1.82) is 0 Å². The first-order valence-electron chi connectivity index (χ1n) is 6.70. The van der Waals surface area contributed by atoms with Crippen molar-refractivity contribution in [2.24, 2.45) is 17.6 Å². The Balaban J connectivity index is 0.00000161.